The first-order valence-electron chi connectivity index (χ1n) is 8.31. The van der Waals surface area contributed by atoms with E-state index in [1.54, 1.807) is 12.7 Å². The van der Waals surface area contributed by atoms with Crippen molar-refractivity contribution >= 4 is 0 Å². The molecule has 0 spiro atoms. The topological polar surface area (TPSA) is 63.2 Å². The molecule has 3 heterocycles. The third-order valence-electron chi connectivity index (χ3n) is 4.51. The van der Waals surface area contributed by atoms with Crippen molar-refractivity contribution in [2.24, 2.45) is 0 Å². The summed E-state index contributed by atoms with van der Waals surface area (Å²) in [6.45, 7) is 9.15. The Labute approximate surface area is 137 Å². The Morgan fingerprint density at radius 3 is 2.96 bits per heavy atom. The Morgan fingerprint density at radius 2 is 2.26 bits per heavy atom. The first-order chi connectivity index (χ1) is 11.1. The highest BCUT2D eigenvalue weighted by Crippen LogP contribution is 2.19. The number of aromatic nitrogens is 4. The molecule has 0 N–H and O–H groups in total. The first kappa shape index (κ1) is 16.1. The van der Waals surface area contributed by atoms with E-state index in [9.17, 15) is 0 Å². The monoisotopic (exact) mass is 318 g/mol. The highest BCUT2D eigenvalue weighted by atomic mass is 16.4. The maximum Gasteiger partial charge on any atom is 0.208 e. The van der Waals surface area contributed by atoms with Crippen molar-refractivity contribution in [3.05, 3.63) is 30.5 Å². The Morgan fingerprint density at radius 1 is 1.39 bits per heavy atom. The number of hydrogen-bond acceptors (Lipinski definition) is 6. The molecule has 23 heavy (non-hydrogen) atoms. The van der Waals surface area contributed by atoms with Crippen LogP contribution >= 0.6 is 0 Å². The predicted octanol–water partition coefficient (Wildman–Crippen LogP) is 1.60. The molecule has 1 saturated heterocycles. The number of hydrogen-bond donors (Lipinski definition) is 0. The summed E-state index contributed by atoms with van der Waals surface area (Å²) < 4.78 is 7.70. The average molecular weight is 318 g/mol. The molecule has 0 amide bonds. The summed E-state index contributed by atoms with van der Waals surface area (Å²) in [6, 6.07) is 0.556. The van der Waals surface area contributed by atoms with Crippen LogP contribution in [0.15, 0.2) is 23.3 Å². The molecule has 0 saturated carbocycles. The molecular weight excluding hydrogens is 292 g/mol. The third-order valence-corrected chi connectivity index (χ3v) is 4.51. The van der Waals surface area contributed by atoms with E-state index in [1.165, 1.54) is 6.42 Å². The lowest BCUT2D eigenvalue weighted by Gasteiger charge is -2.23. The molecule has 0 aromatic carbocycles. The second-order valence-electron chi connectivity index (χ2n) is 6.63. The average Bonchev–Trinajstić information content (AvgIpc) is 3.26. The Balaban J connectivity index is 1.45. The molecule has 0 bridgehead atoms. The first-order valence-corrected chi connectivity index (χ1v) is 8.31. The highest BCUT2D eigenvalue weighted by Gasteiger charge is 2.26. The van der Waals surface area contributed by atoms with Gasteiger partial charge in [-0.2, -0.15) is 5.10 Å². The number of likely N-dealkylation sites (N-methyl/N-ethyl adjacent to an activating group) is 1. The van der Waals surface area contributed by atoms with Gasteiger partial charge in [-0.3, -0.25) is 14.5 Å². The number of rotatable bonds is 7. The van der Waals surface area contributed by atoms with Crippen LogP contribution in [0.2, 0.25) is 0 Å². The van der Waals surface area contributed by atoms with E-state index in [1.807, 2.05) is 10.9 Å². The number of oxazole rings is 1. The quantitative estimate of drug-likeness (QED) is 0.772. The van der Waals surface area contributed by atoms with Gasteiger partial charge in [-0.05, 0) is 20.0 Å². The van der Waals surface area contributed by atoms with E-state index < -0.39 is 0 Å². The standard InChI is InChI=1S/C16H26N6O/c1-13(2)15-8-18-16(23-15)10-20(3)14-4-5-21(9-14)6-7-22-12-17-11-19-22/h8,11-14H,4-7,9-10H2,1-3H3/t14-/m1/s1. The van der Waals surface area contributed by atoms with Crippen molar-refractivity contribution in [3.8, 4) is 0 Å². The van der Waals surface area contributed by atoms with Gasteiger partial charge in [0.15, 0.2) is 0 Å². The fourth-order valence-corrected chi connectivity index (χ4v) is 2.97. The zero-order valence-electron chi connectivity index (χ0n) is 14.2. The summed E-state index contributed by atoms with van der Waals surface area (Å²) >= 11 is 0. The second kappa shape index (κ2) is 7.23. The summed E-state index contributed by atoms with van der Waals surface area (Å²) in [4.78, 5) is 13.2. The van der Waals surface area contributed by atoms with Crippen LogP contribution in [0.4, 0.5) is 0 Å². The summed E-state index contributed by atoms with van der Waals surface area (Å²) in [5, 5.41) is 4.15. The van der Waals surface area contributed by atoms with Crippen LogP contribution in [0.25, 0.3) is 0 Å². The van der Waals surface area contributed by atoms with Gasteiger partial charge in [0.2, 0.25) is 5.89 Å². The fourth-order valence-electron chi connectivity index (χ4n) is 2.97. The van der Waals surface area contributed by atoms with Crippen molar-refractivity contribution in [2.45, 2.75) is 45.3 Å². The third kappa shape index (κ3) is 4.17. The van der Waals surface area contributed by atoms with Crippen molar-refractivity contribution in [3.63, 3.8) is 0 Å². The molecular formula is C16H26N6O. The van der Waals surface area contributed by atoms with E-state index in [2.05, 4.69) is 45.8 Å². The van der Waals surface area contributed by atoms with Gasteiger partial charge in [0, 0.05) is 25.0 Å². The molecule has 2 aromatic rings. The van der Waals surface area contributed by atoms with Gasteiger partial charge in [0.05, 0.1) is 19.3 Å². The molecule has 1 aliphatic rings. The van der Waals surface area contributed by atoms with Crippen molar-refractivity contribution in [1.82, 2.24) is 29.5 Å². The molecule has 2 aromatic heterocycles. The summed E-state index contributed by atoms with van der Waals surface area (Å²) in [5.41, 5.74) is 0. The Hall–Kier alpha value is -1.73. The zero-order chi connectivity index (χ0) is 16.2. The van der Waals surface area contributed by atoms with Crippen molar-refractivity contribution in [1.29, 1.82) is 0 Å². The van der Waals surface area contributed by atoms with Gasteiger partial charge >= 0.3 is 0 Å². The molecule has 7 nitrogen and oxygen atoms in total. The molecule has 1 fully saturated rings. The molecule has 1 atom stereocenters. The SMILES string of the molecule is CC(C)c1cnc(CN(C)[C@@H]2CCN(CCn3cncn3)C2)o1. The lowest BCUT2D eigenvalue weighted by atomic mass is 10.2. The van der Waals surface area contributed by atoms with Gasteiger partial charge in [-0.1, -0.05) is 13.8 Å². The van der Waals surface area contributed by atoms with E-state index in [-0.39, 0.29) is 0 Å². The molecule has 7 heteroatoms. The van der Waals surface area contributed by atoms with Crippen molar-refractivity contribution < 1.29 is 4.42 Å². The number of nitrogens with zero attached hydrogens (tertiary/aromatic N) is 6. The van der Waals surface area contributed by atoms with Gasteiger partial charge in [0.25, 0.3) is 0 Å². The van der Waals surface area contributed by atoms with E-state index >= 15 is 0 Å². The fraction of sp³-hybridized carbons (Fsp3) is 0.688. The summed E-state index contributed by atoms with van der Waals surface area (Å²) in [5.74, 6) is 2.17. The lowest BCUT2D eigenvalue weighted by molar-refractivity contribution is 0.203. The molecule has 3 rings (SSSR count). The summed E-state index contributed by atoms with van der Waals surface area (Å²) in [6.07, 6.45) is 6.40. The molecule has 0 unspecified atom stereocenters. The van der Waals surface area contributed by atoms with Crippen LogP contribution in [-0.4, -0.2) is 62.3 Å². The Bertz CT molecular complexity index is 593. The van der Waals surface area contributed by atoms with Gasteiger partial charge in [-0.15, -0.1) is 0 Å². The van der Waals surface area contributed by atoms with E-state index in [0.717, 1.165) is 44.4 Å². The molecule has 0 aliphatic carbocycles. The van der Waals surface area contributed by atoms with E-state index in [4.69, 9.17) is 4.42 Å². The van der Waals surface area contributed by atoms with Crippen LogP contribution in [0.1, 0.15) is 37.8 Å². The highest BCUT2D eigenvalue weighted by molar-refractivity contribution is 4.99. The minimum atomic E-state index is 0.389. The van der Waals surface area contributed by atoms with Crippen LogP contribution in [0.5, 0.6) is 0 Å². The second-order valence-corrected chi connectivity index (χ2v) is 6.63. The molecule has 1 aliphatic heterocycles. The largest absolute Gasteiger partial charge is 0.444 e. The summed E-state index contributed by atoms with van der Waals surface area (Å²) in [7, 11) is 2.16. The molecule has 126 valence electrons. The smallest absolute Gasteiger partial charge is 0.208 e. The van der Waals surface area contributed by atoms with Gasteiger partial charge < -0.3 is 4.42 Å². The van der Waals surface area contributed by atoms with Crippen LogP contribution < -0.4 is 0 Å². The predicted molar refractivity (Wildman–Crippen MR) is 86.9 cm³/mol. The maximum atomic E-state index is 5.81. The van der Waals surface area contributed by atoms with E-state index in [0.29, 0.717) is 12.0 Å². The Kier molecular flexibility index (Phi) is 5.07. The minimum Gasteiger partial charge on any atom is -0.444 e. The van der Waals surface area contributed by atoms with Crippen LogP contribution in [-0.2, 0) is 13.1 Å². The lowest BCUT2D eigenvalue weighted by Crippen LogP contribution is -2.35. The van der Waals surface area contributed by atoms with Crippen LogP contribution in [0.3, 0.4) is 0 Å². The van der Waals surface area contributed by atoms with Gasteiger partial charge in [-0.25, -0.2) is 9.97 Å². The maximum absolute atomic E-state index is 5.81. The van der Waals surface area contributed by atoms with Gasteiger partial charge in [0.1, 0.15) is 18.4 Å². The number of likely N-dealkylation sites (tertiary alicyclic amines) is 1. The molecule has 0 radical (unpaired) electrons. The normalized spacial score (nSPS) is 19.3. The van der Waals surface area contributed by atoms with Crippen LogP contribution in [0, 0.1) is 0 Å². The van der Waals surface area contributed by atoms with Crippen molar-refractivity contribution in [2.75, 3.05) is 26.7 Å². The zero-order valence-corrected chi connectivity index (χ0v) is 14.2. The minimum absolute atomic E-state index is 0.389.